The Morgan fingerprint density at radius 3 is 2.75 bits per heavy atom. The number of hydrogen-bond acceptors (Lipinski definition) is 5. The molecule has 0 fully saturated rings. The van der Waals surface area contributed by atoms with Gasteiger partial charge in [-0.05, 0) is 41.9 Å². The summed E-state index contributed by atoms with van der Waals surface area (Å²) < 4.78 is 5.38. The summed E-state index contributed by atoms with van der Waals surface area (Å²) in [6.45, 7) is 0. The highest BCUT2D eigenvalue weighted by Crippen LogP contribution is 2.24. The highest BCUT2D eigenvalue weighted by Gasteiger charge is 2.11. The number of nitrogens with zero attached hydrogens (tertiary/aromatic N) is 2. The second-order valence-corrected chi connectivity index (χ2v) is 5.14. The van der Waals surface area contributed by atoms with E-state index >= 15 is 0 Å². The lowest BCUT2D eigenvalue weighted by molar-refractivity contribution is 0.0954. The minimum atomic E-state index is -0.468. The zero-order chi connectivity index (χ0) is 16.9. The first-order valence-electron chi connectivity index (χ1n) is 6.97. The number of halogens is 1. The van der Waals surface area contributed by atoms with E-state index in [0.717, 1.165) is 5.56 Å². The number of carbonyl (C=O) groups excluding carboxylic acids is 1. The van der Waals surface area contributed by atoms with E-state index in [2.05, 4.69) is 15.5 Å². The van der Waals surface area contributed by atoms with Crippen LogP contribution in [0.15, 0.2) is 64.1 Å². The molecule has 0 unspecified atom stereocenters. The summed E-state index contributed by atoms with van der Waals surface area (Å²) in [5.41, 5.74) is 3.69. The number of aromatic hydroxyl groups is 1. The van der Waals surface area contributed by atoms with Crippen molar-refractivity contribution < 1.29 is 14.3 Å². The normalized spacial score (nSPS) is 10.9. The minimum Gasteiger partial charge on any atom is -0.508 e. The fourth-order valence-corrected chi connectivity index (χ4v) is 2.13. The molecule has 7 heteroatoms. The summed E-state index contributed by atoms with van der Waals surface area (Å²) in [7, 11) is 0. The van der Waals surface area contributed by atoms with Crippen LogP contribution in [-0.2, 0) is 0 Å². The molecule has 6 nitrogen and oxygen atoms in total. The summed E-state index contributed by atoms with van der Waals surface area (Å²) in [5.74, 6) is -0.106. The van der Waals surface area contributed by atoms with E-state index in [1.165, 1.54) is 18.3 Å². The third-order valence-electron chi connectivity index (χ3n) is 3.09. The molecule has 1 aromatic heterocycles. The average Bonchev–Trinajstić information content (AvgIpc) is 2.96. The van der Waals surface area contributed by atoms with Crippen LogP contribution >= 0.6 is 11.6 Å². The number of hydrazone groups is 1. The molecule has 3 rings (SSSR count). The third kappa shape index (κ3) is 3.61. The zero-order valence-electron chi connectivity index (χ0n) is 12.3. The zero-order valence-corrected chi connectivity index (χ0v) is 13.1. The molecule has 0 aliphatic carbocycles. The molecule has 1 heterocycles. The molecule has 0 aliphatic rings. The largest absolute Gasteiger partial charge is 0.508 e. The highest BCUT2D eigenvalue weighted by molar-refractivity contribution is 6.31. The number of phenolic OH excluding ortho intramolecular Hbond substituents is 1. The number of aromatic nitrogens is 1. The Morgan fingerprint density at radius 1 is 1.21 bits per heavy atom. The van der Waals surface area contributed by atoms with Crippen molar-refractivity contribution in [2.75, 3.05) is 0 Å². The molecule has 2 N–H and O–H groups in total. The Hall–Kier alpha value is -3.12. The van der Waals surface area contributed by atoms with Gasteiger partial charge in [-0.3, -0.25) is 4.79 Å². The maximum absolute atomic E-state index is 11.9. The van der Waals surface area contributed by atoms with Crippen molar-refractivity contribution >= 4 is 23.7 Å². The predicted octanol–water partition coefficient (Wildman–Crippen LogP) is 3.46. The van der Waals surface area contributed by atoms with E-state index < -0.39 is 5.91 Å². The van der Waals surface area contributed by atoms with Crippen LogP contribution in [0.2, 0.25) is 5.22 Å². The monoisotopic (exact) mass is 341 g/mol. The lowest BCUT2D eigenvalue weighted by Gasteiger charge is -1.99. The Balaban J connectivity index is 1.71. The smallest absolute Gasteiger partial charge is 0.271 e. The summed E-state index contributed by atoms with van der Waals surface area (Å²) in [6.07, 6.45) is 1.29. The van der Waals surface area contributed by atoms with Crippen LogP contribution in [0.4, 0.5) is 0 Å². The number of carbonyl (C=O) groups is 1. The molecule has 0 saturated heterocycles. The fraction of sp³-hybridized carbons (Fsp3) is 0. The molecule has 24 heavy (non-hydrogen) atoms. The first-order valence-corrected chi connectivity index (χ1v) is 7.35. The van der Waals surface area contributed by atoms with Gasteiger partial charge in [0.25, 0.3) is 5.91 Å². The molecular formula is C17H12ClN3O3. The van der Waals surface area contributed by atoms with Crippen molar-refractivity contribution in [3.8, 4) is 17.2 Å². The van der Waals surface area contributed by atoms with Gasteiger partial charge in [-0.25, -0.2) is 10.4 Å². The van der Waals surface area contributed by atoms with Gasteiger partial charge in [-0.1, -0.05) is 24.3 Å². The molecule has 0 aliphatic heterocycles. The predicted molar refractivity (Wildman–Crippen MR) is 90.1 cm³/mol. The van der Waals surface area contributed by atoms with Crippen molar-refractivity contribution in [2.24, 2.45) is 5.10 Å². The number of nitrogens with one attached hydrogen (secondary N) is 1. The second-order valence-electron chi connectivity index (χ2n) is 4.79. The van der Waals surface area contributed by atoms with E-state index in [1.54, 1.807) is 12.1 Å². The van der Waals surface area contributed by atoms with Crippen LogP contribution < -0.4 is 5.43 Å². The molecule has 0 atom stereocenters. The van der Waals surface area contributed by atoms with Crippen LogP contribution in [0.3, 0.4) is 0 Å². The van der Waals surface area contributed by atoms with Crippen molar-refractivity contribution in [3.63, 3.8) is 0 Å². The summed E-state index contributed by atoms with van der Waals surface area (Å²) in [4.78, 5) is 16.1. The van der Waals surface area contributed by atoms with E-state index in [4.69, 9.17) is 16.0 Å². The summed E-state index contributed by atoms with van der Waals surface area (Å²) in [5, 5.41) is 13.2. The van der Waals surface area contributed by atoms with E-state index in [-0.39, 0.29) is 16.5 Å². The first kappa shape index (κ1) is 15.8. The van der Waals surface area contributed by atoms with Crippen LogP contribution in [0, 0.1) is 0 Å². The number of amides is 1. The molecule has 0 bridgehead atoms. The van der Waals surface area contributed by atoms with Crippen molar-refractivity contribution in [1.82, 2.24) is 10.4 Å². The van der Waals surface area contributed by atoms with Crippen LogP contribution in [0.1, 0.15) is 16.1 Å². The Kier molecular flexibility index (Phi) is 4.58. The van der Waals surface area contributed by atoms with E-state index in [0.29, 0.717) is 11.6 Å². The number of hydrogen-bond donors (Lipinski definition) is 2. The van der Waals surface area contributed by atoms with E-state index in [1.807, 2.05) is 30.3 Å². The van der Waals surface area contributed by atoms with Crippen molar-refractivity contribution in [1.29, 1.82) is 0 Å². The lowest BCUT2D eigenvalue weighted by atomic mass is 10.2. The minimum absolute atomic E-state index is 0.00122. The lowest BCUT2D eigenvalue weighted by Crippen LogP contribution is -2.17. The molecule has 3 aromatic rings. The van der Waals surface area contributed by atoms with Gasteiger partial charge in [0.2, 0.25) is 11.1 Å². The van der Waals surface area contributed by atoms with Gasteiger partial charge in [0, 0.05) is 11.1 Å². The molecule has 0 spiro atoms. The van der Waals surface area contributed by atoms with Gasteiger partial charge in [0.05, 0.1) is 6.21 Å². The second kappa shape index (κ2) is 6.97. The fourth-order valence-electron chi connectivity index (χ4n) is 1.96. The van der Waals surface area contributed by atoms with Gasteiger partial charge in [0.1, 0.15) is 11.4 Å². The topological polar surface area (TPSA) is 87.7 Å². The van der Waals surface area contributed by atoms with Crippen molar-refractivity contribution in [2.45, 2.75) is 0 Å². The van der Waals surface area contributed by atoms with Crippen molar-refractivity contribution in [3.05, 3.63) is 71.1 Å². The van der Waals surface area contributed by atoms with Gasteiger partial charge in [0.15, 0.2) is 0 Å². The Bertz CT molecular complexity index is 891. The van der Waals surface area contributed by atoms with Gasteiger partial charge >= 0.3 is 0 Å². The van der Waals surface area contributed by atoms with Gasteiger partial charge in [-0.2, -0.15) is 5.10 Å². The van der Waals surface area contributed by atoms with Gasteiger partial charge in [-0.15, -0.1) is 0 Å². The summed E-state index contributed by atoms with van der Waals surface area (Å²) >= 11 is 5.98. The molecule has 1 amide bonds. The molecule has 0 radical (unpaired) electrons. The molecule has 0 saturated carbocycles. The standard InChI is InChI=1S/C17H12ClN3O3/c18-15-14(20-17(24-15)11-5-2-1-3-6-11)10-19-21-16(23)12-7-4-8-13(22)9-12/h1-10,22H,(H,21,23). The SMILES string of the molecule is O=C(NN=Cc1nc(-c2ccccc2)oc1Cl)c1cccc(O)c1. The molecular weight excluding hydrogens is 330 g/mol. The molecule has 120 valence electrons. The third-order valence-corrected chi connectivity index (χ3v) is 3.36. The first-order chi connectivity index (χ1) is 11.6. The summed E-state index contributed by atoms with van der Waals surface area (Å²) in [6, 6.07) is 15.2. The Labute approximate surface area is 142 Å². The maximum atomic E-state index is 11.9. The van der Waals surface area contributed by atoms with Crippen LogP contribution in [0.25, 0.3) is 11.5 Å². The number of oxazole rings is 1. The number of phenols is 1. The maximum Gasteiger partial charge on any atom is 0.271 e. The van der Waals surface area contributed by atoms with Gasteiger partial charge < -0.3 is 9.52 Å². The average molecular weight is 342 g/mol. The van der Waals surface area contributed by atoms with E-state index in [9.17, 15) is 9.90 Å². The Morgan fingerprint density at radius 2 is 2.00 bits per heavy atom. The van der Waals surface area contributed by atoms with Crippen LogP contribution in [-0.4, -0.2) is 22.2 Å². The van der Waals surface area contributed by atoms with Crippen LogP contribution in [0.5, 0.6) is 5.75 Å². The highest BCUT2D eigenvalue weighted by atomic mass is 35.5. The quantitative estimate of drug-likeness (QED) is 0.562. The number of benzene rings is 2. The molecule has 2 aromatic carbocycles. The number of rotatable bonds is 4.